The second-order valence-electron chi connectivity index (χ2n) is 4.34. The van der Waals surface area contributed by atoms with Crippen molar-refractivity contribution in [2.75, 3.05) is 17.3 Å². The monoisotopic (exact) mass is 301 g/mol. The molecular weight excluding hydrogens is 286 g/mol. The third-order valence-electron chi connectivity index (χ3n) is 3.16. The number of aromatic nitrogens is 2. The minimum absolute atomic E-state index is 0.122. The van der Waals surface area contributed by atoms with Gasteiger partial charge in [0.2, 0.25) is 5.95 Å². The largest absolute Gasteiger partial charge is 0.376 e. The van der Waals surface area contributed by atoms with Crippen molar-refractivity contribution in [3.63, 3.8) is 0 Å². The van der Waals surface area contributed by atoms with E-state index in [1.807, 2.05) is 0 Å². The van der Waals surface area contributed by atoms with Crippen LogP contribution < -0.4 is 16.6 Å². The summed E-state index contributed by atoms with van der Waals surface area (Å²) in [5.74, 6) is 6.39. The predicted octanol–water partition coefficient (Wildman–Crippen LogP) is 1.50. The molecule has 0 radical (unpaired) electrons. The maximum absolute atomic E-state index is 5.58. The molecule has 1 saturated heterocycles. The molecule has 0 bridgehead atoms. The van der Waals surface area contributed by atoms with Gasteiger partial charge in [-0.15, -0.1) is 0 Å². The second-order valence-corrected chi connectivity index (χ2v) is 5.19. The van der Waals surface area contributed by atoms with Crippen LogP contribution in [0.2, 0.25) is 0 Å². The van der Waals surface area contributed by atoms with Crippen LogP contribution in [0.4, 0.5) is 11.8 Å². The van der Waals surface area contributed by atoms with Crippen LogP contribution in [0.15, 0.2) is 10.7 Å². The van der Waals surface area contributed by atoms with Gasteiger partial charge in [-0.2, -0.15) is 4.98 Å². The highest BCUT2D eigenvalue weighted by Gasteiger charge is 2.37. The van der Waals surface area contributed by atoms with Gasteiger partial charge in [0, 0.05) is 12.8 Å². The van der Waals surface area contributed by atoms with Crippen LogP contribution in [0.3, 0.4) is 0 Å². The summed E-state index contributed by atoms with van der Waals surface area (Å²) in [5.41, 5.74) is 2.31. The lowest BCUT2D eigenvalue weighted by atomic mass is 9.95. The van der Waals surface area contributed by atoms with E-state index < -0.39 is 0 Å². The van der Waals surface area contributed by atoms with E-state index in [0.717, 1.165) is 17.5 Å². The van der Waals surface area contributed by atoms with E-state index in [0.29, 0.717) is 11.8 Å². The third kappa shape index (κ3) is 2.51. The zero-order valence-corrected chi connectivity index (χ0v) is 11.4. The fourth-order valence-electron chi connectivity index (χ4n) is 1.79. The zero-order valence-electron chi connectivity index (χ0n) is 9.83. The normalized spacial score (nSPS) is 28.1. The SMILES string of the molecule is CC1OCCC1(C)Nc1nc(NN)ncc1Br. The molecule has 17 heavy (non-hydrogen) atoms. The van der Waals surface area contributed by atoms with Crippen LogP contribution in [-0.4, -0.2) is 28.2 Å². The number of rotatable bonds is 3. The molecule has 2 atom stereocenters. The summed E-state index contributed by atoms with van der Waals surface area (Å²) in [5, 5.41) is 3.39. The maximum atomic E-state index is 5.58. The van der Waals surface area contributed by atoms with Crippen molar-refractivity contribution in [3.05, 3.63) is 10.7 Å². The second kappa shape index (κ2) is 4.75. The number of ether oxygens (including phenoxy) is 1. The lowest BCUT2D eigenvalue weighted by molar-refractivity contribution is 0.105. The number of anilines is 2. The van der Waals surface area contributed by atoms with E-state index in [-0.39, 0.29) is 11.6 Å². The summed E-state index contributed by atoms with van der Waals surface area (Å²) >= 11 is 3.41. The van der Waals surface area contributed by atoms with Crippen molar-refractivity contribution in [2.45, 2.75) is 31.9 Å². The van der Waals surface area contributed by atoms with Gasteiger partial charge in [-0.25, -0.2) is 10.8 Å². The van der Waals surface area contributed by atoms with Crippen molar-refractivity contribution < 1.29 is 4.74 Å². The third-order valence-corrected chi connectivity index (χ3v) is 3.74. The first kappa shape index (κ1) is 12.5. The smallest absolute Gasteiger partial charge is 0.239 e. The van der Waals surface area contributed by atoms with Crippen LogP contribution in [0.1, 0.15) is 20.3 Å². The highest BCUT2D eigenvalue weighted by atomic mass is 79.9. The van der Waals surface area contributed by atoms with Gasteiger partial charge in [-0.3, -0.25) is 5.43 Å². The van der Waals surface area contributed by atoms with Gasteiger partial charge < -0.3 is 10.1 Å². The van der Waals surface area contributed by atoms with Crippen molar-refractivity contribution in [3.8, 4) is 0 Å². The minimum atomic E-state index is -0.122. The molecule has 2 rings (SSSR count). The Hall–Kier alpha value is -0.920. The van der Waals surface area contributed by atoms with E-state index in [9.17, 15) is 0 Å². The molecule has 2 unspecified atom stereocenters. The molecule has 0 amide bonds. The Bertz CT molecular complexity index is 416. The molecule has 2 heterocycles. The van der Waals surface area contributed by atoms with Crippen molar-refractivity contribution in [2.24, 2.45) is 5.84 Å². The Morgan fingerprint density at radius 3 is 3.00 bits per heavy atom. The van der Waals surface area contributed by atoms with Gasteiger partial charge in [0.1, 0.15) is 5.82 Å². The number of hydrazine groups is 1. The molecule has 0 saturated carbocycles. The highest BCUT2D eigenvalue weighted by Crippen LogP contribution is 2.31. The van der Waals surface area contributed by atoms with Crippen LogP contribution in [-0.2, 0) is 4.74 Å². The van der Waals surface area contributed by atoms with Gasteiger partial charge in [-0.1, -0.05) is 0 Å². The number of nitrogens with two attached hydrogens (primary N) is 1. The number of nitrogens with zero attached hydrogens (tertiary/aromatic N) is 2. The van der Waals surface area contributed by atoms with E-state index in [2.05, 4.69) is 50.5 Å². The summed E-state index contributed by atoms with van der Waals surface area (Å²) in [6.07, 6.45) is 2.74. The number of halogens is 1. The van der Waals surface area contributed by atoms with Crippen LogP contribution in [0.5, 0.6) is 0 Å². The molecule has 0 aliphatic carbocycles. The maximum Gasteiger partial charge on any atom is 0.239 e. The molecule has 0 aromatic carbocycles. The predicted molar refractivity (Wildman–Crippen MR) is 69.6 cm³/mol. The van der Waals surface area contributed by atoms with Gasteiger partial charge in [-0.05, 0) is 36.2 Å². The van der Waals surface area contributed by atoms with Gasteiger partial charge in [0.25, 0.3) is 0 Å². The van der Waals surface area contributed by atoms with E-state index in [1.54, 1.807) is 6.20 Å². The Labute approximate surface area is 108 Å². The van der Waals surface area contributed by atoms with E-state index >= 15 is 0 Å². The molecule has 6 nitrogen and oxygen atoms in total. The average Bonchev–Trinajstić information content (AvgIpc) is 2.62. The Balaban J connectivity index is 2.23. The van der Waals surface area contributed by atoms with Crippen LogP contribution in [0.25, 0.3) is 0 Å². The molecule has 1 aliphatic rings. The fourth-order valence-corrected chi connectivity index (χ4v) is 2.08. The fraction of sp³-hybridized carbons (Fsp3) is 0.600. The first-order chi connectivity index (χ1) is 8.05. The summed E-state index contributed by atoms with van der Waals surface area (Å²) in [7, 11) is 0. The zero-order chi connectivity index (χ0) is 12.5. The summed E-state index contributed by atoms with van der Waals surface area (Å²) in [4.78, 5) is 8.28. The lowest BCUT2D eigenvalue weighted by Crippen LogP contribution is -2.41. The first-order valence-electron chi connectivity index (χ1n) is 5.44. The number of hydrogen-bond donors (Lipinski definition) is 3. The topological polar surface area (TPSA) is 85.1 Å². The molecular formula is C10H16BrN5O. The number of nitrogen functional groups attached to an aromatic ring is 1. The summed E-state index contributed by atoms with van der Waals surface area (Å²) in [6, 6.07) is 0. The summed E-state index contributed by atoms with van der Waals surface area (Å²) in [6.45, 7) is 4.93. The average molecular weight is 302 g/mol. The van der Waals surface area contributed by atoms with Gasteiger partial charge in [0.05, 0.1) is 16.1 Å². The number of nitrogens with one attached hydrogen (secondary N) is 2. The molecule has 7 heteroatoms. The van der Waals surface area contributed by atoms with E-state index in [4.69, 9.17) is 10.6 Å². The van der Waals surface area contributed by atoms with Crippen LogP contribution in [0, 0.1) is 0 Å². The minimum Gasteiger partial charge on any atom is -0.376 e. The Morgan fingerprint density at radius 1 is 1.65 bits per heavy atom. The highest BCUT2D eigenvalue weighted by molar-refractivity contribution is 9.10. The first-order valence-corrected chi connectivity index (χ1v) is 6.23. The number of hydrogen-bond acceptors (Lipinski definition) is 6. The van der Waals surface area contributed by atoms with Gasteiger partial charge >= 0.3 is 0 Å². The standard InChI is InChI=1S/C10H16BrN5O/c1-6-10(2,3-4-17-6)15-8-7(11)5-13-9(14-8)16-12/h5-6H,3-4,12H2,1-2H3,(H2,13,14,15,16). The molecule has 1 fully saturated rings. The molecule has 1 aromatic heterocycles. The van der Waals surface area contributed by atoms with Crippen molar-refractivity contribution >= 4 is 27.7 Å². The molecule has 0 spiro atoms. The molecule has 94 valence electrons. The lowest BCUT2D eigenvalue weighted by Gasteiger charge is -2.29. The molecule has 4 N–H and O–H groups in total. The van der Waals surface area contributed by atoms with Crippen molar-refractivity contribution in [1.82, 2.24) is 9.97 Å². The van der Waals surface area contributed by atoms with Crippen LogP contribution >= 0.6 is 15.9 Å². The molecule has 1 aromatic rings. The quantitative estimate of drug-likeness (QED) is 0.579. The summed E-state index contributed by atoms with van der Waals surface area (Å²) < 4.78 is 6.38. The van der Waals surface area contributed by atoms with Crippen molar-refractivity contribution in [1.29, 1.82) is 0 Å². The molecule has 1 aliphatic heterocycles. The van der Waals surface area contributed by atoms with Gasteiger partial charge in [0.15, 0.2) is 0 Å². The Morgan fingerprint density at radius 2 is 2.41 bits per heavy atom. The Kier molecular flexibility index (Phi) is 3.50. The van der Waals surface area contributed by atoms with E-state index in [1.165, 1.54) is 0 Å².